The molecule has 3 heterocycles. The van der Waals surface area contributed by atoms with E-state index in [4.69, 9.17) is 9.15 Å². The van der Waals surface area contributed by atoms with Gasteiger partial charge in [-0.25, -0.2) is 14.4 Å². The average Bonchev–Trinajstić information content (AvgIpc) is 3.12. The van der Waals surface area contributed by atoms with Crippen LogP contribution in [-0.2, 0) is 17.7 Å². The number of ether oxygens (including phenoxy) is 1. The largest absolute Gasteiger partial charge is 0.442 e. The number of nitrogens with zero attached hydrogens (tertiary/aromatic N) is 3. The Balaban J connectivity index is 1.55. The number of hydrogen-bond donors (Lipinski definition) is 0. The van der Waals surface area contributed by atoms with Crippen molar-refractivity contribution in [3.8, 4) is 0 Å². The Bertz CT molecular complexity index is 941. The number of halogens is 1. The van der Waals surface area contributed by atoms with Crippen molar-refractivity contribution in [1.82, 2.24) is 14.9 Å². The first-order valence-corrected chi connectivity index (χ1v) is 8.62. The molecule has 0 radical (unpaired) electrons. The first-order chi connectivity index (χ1) is 13.2. The molecule has 0 spiro atoms. The maximum Gasteiger partial charge on any atom is 0.272 e. The van der Waals surface area contributed by atoms with Gasteiger partial charge in [-0.2, -0.15) is 0 Å². The summed E-state index contributed by atoms with van der Waals surface area (Å²) in [4.78, 5) is 22.7. The molecule has 1 unspecified atom stereocenters. The van der Waals surface area contributed by atoms with Crippen LogP contribution in [0.3, 0.4) is 0 Å². The SMILES string of the molecule is COC(c1ccccc1)c1nc2c(o1)CCN(C(=O)c1ccc(F)cn1)C2. The van der Waals surface area contributed by atoms with Crippen LogP contribution in [-0.4, -0.2) is 34.4 Å². The number of benzene rings is 1. The molecule has 1 aliphatic heterocycles. The van der Waals surface area contributed by atoms with Gasteiger partial charge in [0.25, 0.3) is 5.91 Å². The number of hydrogen-bond acceptors (Lipinski definition) is 5. The Morgan fingerprint density at radius 1 is 1.26 bits per heavy atom. The zero-order chi connectivity index (χ0) is 18.8. The molecule has 0 saturated heterocycles. The number of carbonyl (C=O) groups is 1. The fraction of sp³-hybridized carbons (Fsp3) is 0.250. The van der Waals surface area contributed by atoms with E-state index in [2.05, 4.69) is 9.97 Å². The molecule has 1 aliphatic rings. The molecule has 138 valence electrons. The molecule has 4 rings (SSSR count). The van der Waals surface area contributed by atoms with Gasteiger partial charge in [0, 0.05) is 20.1 Å². The lowest BCUT2D eigenvalue weighted by Gasteiger charge is -2.24. The van der Waals surface area contributed by atoms with Crippen LogP contribution < -0.4 is 0 Å². The van der Waals surface area contributed by atoms with E-state index in [0.717, 1.165) is 17.5 Å². The van der Waals surface area contributed by atoms with Crippen molar-refractivity contribution in [3.63, 3.8) is 0 Å². The van der Waals surface area contributed by atoms with Crippen LogP contribution in [0.2, 0.25) is 0 Å². The maximum atomic E-state index is 13.0. The molecule has 0 saturated carbocycles. The van der Waals surface area contributed by atoms with Crippen LogP contribution in [0.1, 0.15) is 39.5 Å². The number of methoxy groups -OCH3 is 1. The number of fused-ring (bicyclic) bond motifs is 1. The van der Waals surface area contributed by atoms with Crippen LogP contribution >= 0.6 is 0 Å². The second-order valence-corrected chi connectivity index (χ2v) is 6.29. The van der Waals surface area contributed by atoms with Gasteiger partial charge in [-0.15, -0.1) is 0 Å². The average molecular weight is 367 g/mol. The van der Waals surface area contributed by atoms with Gasteiger partial charge in [-0.05, 0) is 17.7 Å². The predicted molar refractivity (Wildman–Crippen MR) is 94.4 cm³/mol. The summed E-state index contributed by atoms with van der Waals surface area (Å²) in [5, 5.41) is 0. The van der Waals surface area contributed by atoms with E-state index in [9.17, 15) is 9.18 Å². The van der Waals surface area contributed by atoms with Crippen LogP contribution in [0.5, 0.6) is 0 Å². The van der Waals surface area contributed by atoms with Gasteiger partial charge >= 0.3 is 0 Å². The van der Waals surface area contributed by atoms with Crippen molar-refractivity contribution < 1.29 is 18.3 Å². The smallest absolute Gasteiger partial charge is 0.272 e. The van der Waals surface area contributed by atoms with Gasteiger partial charge in [0.05, 0.1) is 12.7 Å². The van der Waals surface area contributed by atoms with Gasteiger partial charge in [0.2, 0.25) is 5.89 Å². The van der Waals surface area contributed by atoms with Crippen molar-refractivity contribution in [2.45, 2.75) is 19.1 Å². The summed E-state index contributed by atoms with van der Waals surface area (Å²) < 4.78 is 24.5. The van der Waals surface area contributed by atoms with E-state index in [-0.39, 0.29) is 11.6 Å². The second kappa shape index (κ2) is 7.28. The molecule has 2 aromatic heterocycles. The molecular formula is C20H18FN3O3. The number of aromatic nitrogens is 2. The van der Waals surface area contributed by atoms with E-state index in [0.29, 0.717) is 31.1 Å². The van der Waals surface area contributed by atoms with Crippen LogP contribution in [0.25, 0.3) is 0 Å². The highest BCUT2D eigenvalue weighted by molar-refractivity contribution is 5.92. The van der Waals surface area contributed by atoms with Gasteiger partial charge in [-0.1, -0.05) is 30.3 Å². The highest BCUT2D eigenvalue weighted by Crippen LogP contribution is 2.29. The summed E-state index contributed by atoms with van der Waals surface area (Å²) in [5.41, 5.74) is 1.87. The molecule has 27 heavy (non-hydrogen) atoms. The third kappa shape index (κ3) is 3.46. The first-order valence-electron chi connectivity index (χ1n) is 8.62. The van der Waals surface area contributed by atoms with Gasteiger partial charge in [0.15, 0.2) is 6.10 Å². The second-order valence-electron chi connectivity index (χ2n) is 6.29. The highest BCUT2D eigenvalue weighted by atomic mass is 19.1. The fourth-order valence-corrected chi connectivity index (χ4v) is 3.18. The predicted octanol–water partition coefficient (Wildman–Crippen LogP) is 3.14. The highest BCUT2D eigenvalue weighted by Gasteiger charge is 2.29. The summed E-state index contributed by atoms with van der Waals surface area (Å²) in [6, 6.07) is 12.3. The van der Waals surface area contributed by atoms with Crippen molar-refractivity contribution in [3.05, 3.63) is 83.1 Å². The fourth-order valence-electron chi connectivity index (χ4n) is 3.18. The summed E-state index contributed by atoms with van der Waals surface area (Å²) in [7, 11) is 1.61. The van der Waals surface area contributed by atoms with Gasteiger partial charge in [0.1, 0.15) is 23.0 Å². The van der Waals surface area contributed by atoms with Crippen LogP contribution in [0.15, 0.2) is 53.1 Å². The Labute approximate surface area is 155 Å². The zero-order valence-electron chi connectivity index (χ0n) is 14.8. The Hall–Kier alpha value is -3.06. The number of pyridine rings is 1. The third-order valence-corrected chi connectivity index (χ3v) is 4.54. The van der Waals surface area contributed by atoms with Gasteiger partial charge in [-0.3, -0.25) is 4.79 Å². The minimum atomic E-state index is -0.472. The van der Waals surface area contributed by atoms with Crippen molar-refractivity contribution >= 4 is 5.91 Å². The normalized spacial score (nSPS) is 14.7. The quantitative estimate of drug-likeness (QED) is 0.709. The molecule has 1 amide bonds. The number of rotatable bonds is 4. The summed E-state index contributed by atoms with van der Waals surface area (Å²) >= 11 is 0. The van der Waals surface area contributed by atoms with Crippen molar-refractivity contribution in [1.29, 1.82) is 0 Å². The van der Waals surface area contributed by atoms with E-state index in [1.807, 2.05) is 30.3 Å². The Kier molecular flexibility index (Phi) is 4.68. The third-order valence-electron chi connectivity index (χ3n) is 4.54. The van der Waals surface area contributed by atoms with E-state index in [1.54, 1.807) is 12.0 Å². The number of oxazole rings is 1. The molecule has 6 nitrogen and oxygen atoms in total. The molecule has 0 bridgehead atoms. The minimum absolute atomic E-state index is 0.211. The topological polar surface area (TPSA) is 68.5 Å². The Morgan fingerprint density at radius 2 is 2.07 bits per heavy atom. The molecule has 7 heteroatoms. The lowest BCUT2D eigenvalue weighted by molar-refractivity contribution is 0.0721. The standard InChI is InChI=1S/C20H18FN3O3/c1-26-18(13-5-3-2-4-6-13)19-23-16-12-24(10-9-17(16)27-19)20(25)15-8-7-14(21)11-22-15/h2-8,11,18H,9-10,12H2,1H3. The van der Waals surface area contributed by atoms with Crippen molar-refractivity contribution in [2.24, 2.45) is 0 Å². The van der Waals surface area contributed by atoms with Crippen molar-refractivity contribution in [2.75, 3.05) is 13.7 Å². The molecule has 3 aromatic rings. The summed E-state index contributed by atoms with van der Waals surface area (Å²) in [5.74, 6) is 0.513. The van der Waals surface area contributed by atoms with E-state index < -0.39 is 11.9 Å². The summed E-state index contributed by atoms with van der Waals surface area (Å²) in [6.07, 6.45) is 1.19. The zero-order valence-corrected chi connectivity index (χ0v) is 14.8. The van der Waals surface area contributed by atoms with Gasteiger partial charge < -0.3 is 14.1 Å². The van der Waals surface area contributed by atoms with Crippen LogP contribution in [0, 0.1) is 5.82 Å². The first kappa shape index (κ1) is 17.4. The molecule has 0 aliphatic carbocycles. The Morgan fingerprint density at radius 3 is 2.78 bits per heavy atom. The molecule has 0 N–H and O–H groups in total. The molecule has 1 aromatic carbocycles. The minimum Gasteiger partial charge on any atom is -0.442 e. The lowest BCUT2D eigenvalue weighted by atomic mass is 10.1. The van der Waals surface area contributed by atoms with E-state index >= 15 is 0 Å². The van der Waals surface area contributed by atoms with E-state index in [1.165, 1.54) is 12.1 Å². The number of carbonyl (C=O) groups excluding carboxylic acids is 1. The molecule has 0 fully saturated rings. The lowest BCUT2D eigenvalue weighted by Crippen LogP contribution is -2.36. The summed E-state index contributed by atoms with van der Waals surface area (Å²) in [6.45, 7) is 0.810. The number of amides is 1. The van der Waals surface area contributed by atoms with Crippen LogP contribution in [0.4, 0.5) is 4.39 Å². The molecule has 1 atom stereocenters. The molecular weight excluding hydrogens is 349 g/mol. The maximum absolute atomic E-state index is 13.0. The monoisotopic (exact) mass is 367 g/mol.